The van der Waals surface area contributed by atoms with Crippen molar-refractivity contribution in [1.29, 1.82) is 0 Å². The van der Waals surface area contributed by atoms with Crippen LogP contribution in [0.1, 0.15) is 89.1 Å². The summed E-state index contributed by atoms with van der Waals surface area (Å²) in [4.78, 5) is 58.8. The Hall–Kier alpha value is -4.29. The quantitative estimate of drug-likeness (QED) is 0.0583. The van der Waals surface area contributed by atoms with E-state index in [4.69, 9.17) is 45.1 Å². The molecule has 12 nitrogen and oxygen atoms in total. The Labute approximate surface area is 294 Å². The second-order valence-electron chi connectivity index (χ2n) is 11.2. The highest BCUT2D eigenvalue weighted by Gasteiger charge is 2.31. The SMILES string of the molecule is [2H]c1c([2H])c(C)c([2H])c(C[C@H](CC(=O)[C@@H](NC(=O)[C@@H](CC(=O)[C@H](N)CCCN=C(N)N)Cc2c(C)cc(O)cc2C)C([2H])([2H])C([2H])([2H])C([2H])([2H])C([2H])([2H])N)C(N)=O)c1[2H]. The molecule has 0 aliphatic rings. The van der Waals surface area contributed by atoms with Gasteiger partial charge in [0.15, 0.2) is 11.7 Å². The van der Waals surface area contributed by atoms with Crippen LogP contribution in [-0.4, -0.2) is 59.6 Å². The highest BCUT2D eigenvalue weighted by atomic mass is 16.3. The summed E-state index contributed by atoms with van der Waals surface area (Å²) in [6.45, 7) is 1.10. The molecule has 0 bridgehead atoms. The third kappa shape index (κ3) is 13.5. The molecule has 0 aliphatic carbocycles. The Morgan fingerprint density at radius 2 is 1.64 bits per heavy atom. The number of amides is 2. The summed E-state index contributed by atoms with van der Waals surface area (Å²) < 4.78 is 99.7. The minimum Gasteiger partial charge on any atom is -0.508 e. The molecule has 47 heavy (non-hydrogen) atoms. The number of carbonyl (C=O) groups excluding carboxylic acids is 4. The van der Waals surface area contributed by atoms with Crippen LogP contribution in [0.25, 0.3) is 0 Å². The van der Waals surface area contributed by atoms with Gasteiger partial charge in [-0.15, -0.1) is 0 Å². The monoisotopic (exact) mass is 663 g/mol. The molecule has 0 aromatic heterocycles. The van der Waals surface area contributed by atoms with Crippen LogP contribution in [0.2, 0.25) is 0 Å². The van der Waals surface area contributed by atoms with Gasteiger partial charge in [0.2, 0.25) is 11.8 Å². The van der Waals surface area contributed by atoms with Gasteiger partial charge >= 0.3 is 0 Å². The molecule has 12 heteroatoms. The number of guanidine groups is 1. The average Bonchev–Trinajstić information content (AvgIpc) is 3.11. The molecule has 2 rings (SSSR count). The number of phenolic OH excluding ortho intramolecular Hbond substituents is 1. The maximum atomic E-state index is 14.4. The van der Waals surface area contributed by atoms with Gasteiger partial charge in [-0.05, 0) is 106 Å². The molecule has 0 saturated carbocycles. The molecule has 0 radical (unpaired) electrons. The summed E-state index contributed by atoms with van der Waals surface area (Å²) in [6.07, 6.45) is -14.1. The van der Waals surface area contributed by atoms with Crippen LogP contribution < -0.4 is 34.0 Å². The maximum Gasteiger partial charge on any atom is 0.224 e. The number of aromatic hydroxyl groups is 1. The summed E-state index contributed by atoms with van der Waals surface area (Å²) in [5, 5.41) is 12.3. The predicted octanol–water partition coefficient (Wildman–Crippen LogP) is 1.73. The molecule has 2 aromatic rings. The van der Waals surface area contributed by atoms with Crippen LogP contribution >= 0.6 is 0 Å². The lowest BCUT2D eigenvalue weighted by Crippen LogP contribution is -2.46. The van der Waals surface area contributed by atoms with Crippen LogP contribution in [0.3, 0.4) is 0 Å². The van der Waals surface area contributed by atoms with Gasteiger partial charge in [-0.2, -0.15) is 0 Å². The Morgan fingerprint density at radius 3 is 2.26 bits per heavy atom. The molecule has 12 N–H and O–H groups in total. The first-order valence-corrected chi connectivity index (χ1v) is 14.9. The number of hydrogen-bond donors (Lipinski definition) is 7. The van der Waals surface area contributed by atoms with Crippen LogP contribution in [0, 0.1) is 32.6 Å². The topological polar surface area (TPSA) is 243 Å². The lowest BCUT2D eigenvalue weighted by molar-refractivity contribution is -0.133. The first-order chi connectivity index (χ1) is 26.8. The fourth-order valence-electron chi connectivity index (χ4n) is 4.94. The second kappa shape index (κ2) is 19.4. The van der Waals surface area contributed by atoms with Crippen molar-refractivity contribution in [3.63, 3.8) is 0 Å². The number of Topliss-reactive ketones (excluding diaryl/α,β-unsaturated/α-hetero) is 2. The van der Waals surface area contributed by atoms with Crippen molar-refractivity contribution >= 4 is 29.3 Å². The van der Waals surface area contributed by atoms with Gasteiger partial charge in [0.05, 0.1) is 17.6 Å². The van der Waals surface area contributed by atoms with E-state index >= 15 is 0 Å². The van der Waals surface area contributed by atoms with Crippen LogP contribution in [-0.2, 0) is 32.0 Å². The Balaban J connectivity index is 2.75. The predicted molar refractivity (Wildman–Crippen MR) is 184 cm³/mol. The maximum absolute atomic E-state index is 14.4. The lowest BCUT2D eigenvalue weighted by Gasteiger charge is -2.25. The molecule has 0 unspecified atom stereocenters. The Kier molecular flexibility index (Phi) is 9.88. The second-order valence-corrected chi connectivity index (χ2v) is 11.2. The van der Waals surface area contributed by atoms with E-state index in [1.165, 1.54) is 19.1 Å². The summed E-state index contributed by atoms with van der Waals surface area (Å²) >= 11 is 0. The minimum atomic E-state index is -4.02. The Bertz CT molecular complexity index is 1900. The van der Waals surface area contributed by atoms with Crippen LogP contribution in [0.15, 0.2) is 41.3 Å². The number of aryl methyl sites for hydroxylation is 2. The van der Waals surface area contributed by atoms with E-state index in [9.17, 15) is 24.3 Å². The number of phenols is 1. The molecule has 0 heterocycles. The molecule has 0 spiro atoms. The van der Waals surface area contributed by atoms with E-state index in [2.05, 4.69) is 10.3 Å². The van der Waals surface area contributed by atoms with E-state index in [-0.39, 0.29) is 48.6 Å². The summed E-state index contributed by atoms with van der Waals surface area (Å²) in [7, 11) is 0. The number of benzene rings is 2. The zero-order valence-corrected chi connectivity index (χ0v) is 26.8. The molecule has 2 aromatic carbocycles. The molecular weight excluding hydrogens is 598 g/mol. The van der Waals surface area contributed by atoms with Crippen molar-refractivity contribution in [2.45, 2.75) is 90.5 Å². The highest BCUT2D eigenvalue weighted by Crippen LogP contribution is 2.26. The van der Waals surface area contributed by atoms with Crippen molar-refractivity contribution in [3.05, 3.63) is 64.1 Å². The smallest absolute Gasteiger partial charge is 0.224 e. The number of aliphatic imine (C=N–C) groups is 1. The summed E-state index contributed by atoms with van der Waals surface area (Å²) in [5.74, 6) is -8.04. The number of ketones is 2. The van der Waals surface area contributed by atoms with E-state index < -0.39 is 116 Å². The number of hydrogen-bond acceptors (Lipinski definition) is 8. The first-order valence-electron chi connectivity index (χ1n) is 20.9. The van der Waals surface area contributed by atoms with E-state index in [1.54, 1.807) is 13.8 Å². The fraction of sp³-hybridized carbons (Fsp3) is 0.514. The standard InChI is InChI=1S/C35H53N7O5/c1-21-8-6-9-24(14-21)17-25(33(38)46)19-32(45)30(11-4-5-12-36)42-34(47)26(18-28-22(2)15-27(43)16-23(28)3)20-31(44)29(37)10-7-13-41-35(39)40/h6,8-9,14-16,25-26,29-30,43H,4-5,7,10-13,17-20,36-37H2,1-3H3,(H2,38,46)(H,42,47)(H4,39,40,41)/t25-,26-,29-,30+/m1/s1/i4D2,5D2,6D,8D,9D,11D2,12D2,14D. The molecule has 0 aliphatic heterocycles. The summed E-state index contributed by atoms with van der Waals surface area (Å²) in [5.41, 5.74) is 28.9. The van der Waals surface area contributed by atoms with Crippen LogP contribution in [0.5, 0.6) is 5.75 Å². The molecule has 0 fully saturated rings. The largest absolute Gasteiger partial charge is 0.508 e. The number of nitrogens with zero attached hydrogens (tertiary/aromatic N) is 1. The van der Waals surface area contributed by atoms with Crippen molar-refractivity contribution in [2.24, 2.45) is 45.5 Å². The number of nitrogens with one attached hydrogen (secondary N) is 1. The third-order valence-electron chi connectivity index (χ3n) is 7.39. The van der Waals surface area contributed by atoms with Crippen LogP contribution in [0.4, 0.5) is 0 Å². The van der Waals surface area contributed by atoms with Crippen molar-refractivity contribution in [2.75, 3.05) is 13.0 Å². The van der Waals surface area contributed by atoms with E-state index in [1.807, 2.05) is 0 Å². The van der Waals surface area contributed by atoms with Crippen molar-refractivity contribution < 1.29 is 40.7 Å². The van der Waals surface area contributed by atoms with Gasteiger partial charge in [0, 0.05) is 42.2 Å². The lowest BCUT2D eigenvalue weighted by atomic mass is 9.86. The van der Waals surface area contributed by atoms with Gasteiger partial charge in [-0.25, -0.2) is 0 Å². The van der Waals surface area contributed by atoms with Gasteiger partial charge in [-0.3, -0.25) is 24.2 Å². The van der Waals surface area contributed by atoms with E-state index in [0.717, 1.165) is 0 Å². The van der Waals surface area contributed by atoms with Crippen molar-refractivity contribution in [1.82, 2.24) is 5.32 Å². The number of primary amides is 1. The normalized spacial score (nSPS) is 18.6. The molecule has 4 atom stereocenters. The number of carbonyl (C=O) groups is 4. The highest BCUT2D eigenvalue weighted by molar-refractivity contribution is 5.94. The Morgan fingerprint density at radius 1 is 0.979 bits per heavy atom. The van der Waals surface area contributed by atoms with Gasteiger partial charge in [-0.1, -0.05) is 29.7 Å². The molecule has 258 valence electrons. The fourth-order valence-corrected chi connectivity index (χ4v) is 4.94. The zero-order valence-electron chi connectivity index (χ0n) is 38.8. The molecule has 0 saturated heterocycles. The van der Waals surface area contributed by atoms with Gasteiger partial charge in [0.25, 0.3) is 0 Å². The number of rotatable bonds is 21. The van der Waals surface area contributed by atoms with Gasteiger partial charge < -0.3 is 39.1 Å². The van der Waals surface area contributed by atoms with Gasteiger partial charge in [0.1, 0.15) is 11.5 Å². The zero-order chi connectivity index (χ0) is 45.7. The average molecular weight is 664 g/mol. The minimum absolute atomic E-state index is 0.0309. The van der Waals surface area contributed by atoms with E-state index in [0.29, 0.717) is 16.7 Å². The number of nitrogens with two attached hydrogens (primary N) is 5. The summed E-state index contributed by atoms with van der Waals surface area (Å²) in [6, 6.07) is -3.18. The molecular formula is C35H53N7O5. The molecule has 2 amide bonds. The first kappa shape index (κ1) is 23.9. The van der Waals surface area contributed by atoms with Crippen molar-refractivity contribution in [3.8, 4) is 5.75 Å². The third-order valence-corrected chi connectivity index (χ3v) is 7.39.